The van der Waals surface area contributed by atoms with Gasteiger partial charge < -0.3 is 4.90 Å². The van der Waals surface area contributed by atoms with Crippen molar-refractivity contribution in [3.63, 3.8) is 0 Å². The van der Waals surface area contributed by atoms with Gasteiger partial charge in [-0.2, -0.15) is 0 Å². The SMILES string of the molecule is CCCCCCCCCCCCCCCCCCCCCCCN1CCC1=O. The van der Waals surface area contributed by atoms with E-state index in [0.717, 1.165) is 19.5 Å². The summed E-state index contributed by atoms with van der Waals surface area (Å²) in [7, 11) is 0. The Morgan fingerprint density at radius 2 is 0.857 bits per heavy atom. The summed E-state index contributed by atoms with van der Waals surface area (Å²) in [5.41, 5.74) is 0. The highest BCUT2D eigenvalue weighted by Crippen LogP contribution is 2.15. The molecular formula is C26H51NO. The first-order chi connectivity index (χ1) is 13.8. The van der Waals surface area contributed by atoms with Crippen LogP contribution in [0.1, 0.15) is 148 Å². The molecule has 1 aliphatic rings. The molecule has 1 rings (SSSR count). The van der Waals surface area contributed by atoms with Crippen LogP contribution in [0.4, 0.5) is 0 Å². The Morgan fingerprint density at radius 1 is 0.536 bits per heavy atom. The Morgan fingerprint density at radius 3 is 1.11 bits per heavy atom. The van der Waals surface area contributed by atoms with Crippen molar-refractivity contribution in [1.82, 2.24) is 4.90 Å². The van der Waals surface area contributed by atoms with Crippen molar-refractivity contribution in [2.75, 3.05) is 13.1 Å². The minimum atomic E-state index is 0.369. The Kier molecular flexibility index (Phi) is 18.0. The maximum atomic E-state index is 11.2. The summed E-state index contributed by atoms with van der Waals surface area (Å²) in [4.78, 5) is 13.2. The lowest BCUT2D eigenvalue weighted by molar-refractivity contribution is -0.139. The van der Waals surface area contributed by atoms with Crippen LogP contribution in [0.25, 0.3) is 0 Å². The molecule has 0 aromatic heterocycles. The summed E-state index contributed by atoms with van der Waals surface area (Å²) < 4.78 is 0. The van der Waals surface area contributed by atoms with Crippen molar-refractivity contribution >= 4 is 5.91 Å². The van der Waals surface area contributed by atoms with Crippen LogP contribution < -0.4 is 0 Å². The molecule has 0 atom stereocenters. The summed E-state index contributed by atoms with van der Waals surface area (Å²) in [5, 5.41) is 0. The molecule has 0 radical (unpaired) electrons. The topological polar surface area (TPSA) is 20.3 Å². The lowest BCUT2D eigenvalue weighted by Gasteiger charge is -2.30. The first kappa shape index (κ1) is 25.5. The smallest absolute Gasteiger partial charge is 0.224 e. The van der Waals surface area contributed by atoms with Gasteiger partial charge in [-0.3, -0.25) is 4.79 Å². The number of amides is 1. The second kappa shape index (κ2) is 19.8. The fourth-order valence-electron chi connectivity index (χ4n) is 4.33. The molecule has 0 aromatic carbocycles. The van der Waals surface area contributed by atoms with Gasteiger partial charge in [0.15, 0.2) is 0 Å². The van der Waals surface area contributed by atoms with Crippen LogP contribution in [0.3, 0.4) is 0 Å². The molecule has 166 valence electrons. The van der Waals surface area contributed by atoms with Crippen molar-refractivity contribution in [3.8, 4) is 0 Å². The van der Waals surface area contributed by atoms with E-state index in [9.17, 15) is 4.79 Å². The molecule has 2 heteroatoms. The fourth-order valence-corrected chi connectivity index (χ4v) is 4.33. The fraction of sp³-hybridized carbons (Fsp3) is 0.962. The van der Waals surface area contributed by atoms with E-state index < -0.39 is 0 Å². The highest BCUT2D eigenvalue weighted by atomic mass is 16.2. The molecule has 0 spiro atoms. The average molecular weight is 394 g/mol. The van der Waals surface area contributed by atoms with E-state index in [0.29, 0.717) is 5.91 Å². The van der Waals surface area contributed by atoms with Crippen LogP contribution in [0.2, 0.25) is 0 Å². The van der Waals surface area contributed by atoms with Gasteiger partial charge in [-0.05, 0) is 6.42 Å². The van der Waals surface area contributed by atoms with E-state index in [2.05, 4.69) is 6.92 Å². The molecule has 1 fully saturated rings. The van der Waals surface area contributed by atoms with Gasteiger partial charge >= 0.3 is 0 Å². The van der Waals surface area contributed by atoms with Gasteiger partial charge in [0.2, 0.25) is 5.91 Å². The molecule has 0 saturated carbocycles. The largest absolute Gasteiger partial charge is 0.342 e. The molecule has 0 aliphatic carbocycles. The van der Waals surface area contributed by atoms with Crippen LogP contribution >= 0.6 is 0 Å². The number of hydrogen-bond acceptors (Lipinski definition) is 1. The van der Waals surface area contributed by atoms with Gasteiger partial charge in [-0.25, -0.2) is 0 Å². The van der Waals surface area contributed by atoms with Crippen molar-refractivity contribution in [3.05, 3.63) is 0 Å². The molecule has 0 unspecified atom stereocenters. The minimum absolute atomic E-state index is 0.369. The number of nitrogens with zero attached hydrogens (tertiary/aromatic N) is 1. The number of carbonyl (C=O) groups is 1. The molecule has 0 N–H and O–H groups in total. The van der Waals surface area contributed by atoms with E-state index in [-0.39, 0.29) is 0 Å². The normalized spacial score (nSPS) is 13.9. The third-order valence-corrected chi connectivity index (χ3v) is 6.48. The number of unbranched alkanes of at least 4 members (excludes halogenated alkanes) is 20. The maximum Gasteiger partial charge on any atom is 0.224 e. The zero-order chi connectivity index (χ0) is 20.1. The van der Waals surface area contributed by atoms with Gasteiger partial charge in [0.05, 0.1) is 0 Å². The van der Waals surface area contributed by atoms with Crippen LogP contribution in [0, 0.1) is 0 Å². The van der Waals surface area contributed by atoms with Gasteiger partial charge in [0, 0.05) is 19.5 Å². The number of carbonyl (C=O) groups excluding carboxylic acids is 1. The second-order valence-corrected chi connectivity index (χ2v) is 9.20. The molecular weight excluding hydrogens is 342 g/mol. The Labute approximate surface area is 177 Å². The quantitative estimate of drug-likeness (QED) is 0.133. The van der Waals surface area contributed by atoms with E-state index in [1.807, 2.05) is 4.90 Å². The number of hydrogen-bond donors (Lipinski definition) is 0. The predicted octanol–water partition coefficient (Wildman–Crippen LogP) is 8.43. The van der Waals surface area contributed by atoms with Crippen LogP contribution in [0.15, 0.2) is 0 Å². The van der Waals surface area contributed by atoms with Crippen LogP contribution in [-0.4, -0.2) is 23.9 Å². The summed E-state index contributed by atoms with van der Waals surface area (Å²) >= 11 is 0. The van der Waals surface area contributed by atoms with Crippen molar-refractivity contribution in [2.45, 2.75) is 148 Å². The highest BCUT2D eigenvalue weighted by Gasteiger charge is 2.22. The molecule has 2 nitrogen and oxygen atoms in total. The van der Waals surface area contributed by atoms with Crippen LogP contribution in [-0.2, 0) is 4.79 Å². The van der Waals surface area contributed by atoms with E-state index >= 15 is 0 Å². The third kappa shape index (κ3) is 15.4. The zero-order valence-corrected chi connectivity index (χ0v) is 19.3. The van der Waals surface area contributed by atoms with Gasteiger partial charge in [0.25, 0.3) is 0 Å². The standard InChI is InChI=1S/C26H51NO/c1-2-3-4-5-6-7-8-9-10-11-12-13-14-15-16-17-18-19-20-21-22-24-27-25-23-26(27)28/h2-25H2,1H3. The molecule has 1 aliphatic heterocycles. The molecule has 0 aromatic rings. The van der Waals surface area contributed by atoms with Gasteiger partial charge in [0.1, 0.15) is 0 Å². The van der Waals surface area contributed by atoms with E-state index in [1.54, 1.807) is 0 Å². The van der Waals surface area contributed by atoms with Crippen molar-refractivity contribution in [2.24, 2.45) is 0 Å². The Balaban J connectivity index is 1.62. The lowest BCUT2D eigenvalue weighted by Crippen LogP contribution is -2.43. The Bertz CT molecular complexity index is 341. The molecule has 28 heavy (non-hydrogen) atoms. The van der Waals surface area contributed by atoms with E-state index in [1.165, 1.54) is 135 Å². The third-order valence-electron chi connectivity index (χ3n) is 6.48. The number of likely N-dealkylation sites (tertiary alicyclic amines) is 1. The summed E-state index contributed by atoms with van der Waals surface area (Å²) in [6.07, 6.45) is 30.8. The molecule has 1 amide bonds. The van der Waals surface area contributed by atoms with Crippen molar-refractivity contribution in [1.29, 1.82) is 0 Å². The summed E-state index contributed by atoms with van der Waals surface area (Å²) in [5.74, 6) is 0.369. The van der Waals surface area contributed by atoms with Crippen molar-refractivity contribution < 1.29 is 4.79 Å². The predicted molar refractivity (Wildman–Crippen MR) is 124 cm³/mol. The average Bonchev–Trinajstić information content (AvgIpc) is 2.70. The van der Waals surface area contributed by atoms with E-state index in [4.69, 9.17) is 0 Å². The summed E-state index contributed by atoms with van der Waals surface area (Å²) in [6.45, 7) is 4.32. The van der Waals surface area contributed by atoms with Gasteiger partial charge in [-0.15, -0.1) is 0 Å². The Hall–Kier alpha value is -0.530. The van der Waals surface area contributed by atoms with Crippen LogP contribution in [0.5, 0.6) is 0 Å². The maximum absolute atomic E-state index is 11.2. The summed E-state index contributed by atoms with van der Waals surface area (Å²) in [6, 6.07) is 0. The molecule has 1 saturated heterocycles. The highest BCUT2D eigenvalue weighted by molar-refractivity contribution is 5.81. The zero-order valence-electron chi connectivity index (χ0n) is 19.3. The first-order valence-electron chi connectivity index (χ1n) is 13.1. The first-order valence-corrected chi connectivity index (χ1v) is 13.1. The minimum Gasteiger partial charge on any atom is -0.342 e. The lowest BCUT2D eigenvalue weighted by atomic mass is 10.0. The molecule has 1 heterocycles. The number of rotatable bonds is 22. The number of β-lactam (4-membered cyclic amide) rings is 1. The molecule has 0 bridgehead atoms. The second-order valence-electron chi connectivity index (χ2n) is 9.20. The monoisotopic (exact) mass is 393 g/mol. The van der Waals surface area contributed by atoms with Gasteiger partial charge in [-0.1, -0.05) is 135 Å².